The predicted molar refractivity (Wildman–Crippen MR) is 89.8 cm³/mol. The molecule has 10 heteroatoms. The molecule has 1 heterocycles. The highest BCUT2D eigenvalue weighted by Crippen LogP contribution is 2.41. The Balaban J connectivity index is 1.85. The average molecular weight is 386 g/mol. The number of phosphoric acid groups is 1. The highest BCUT2D eigenvalue weighted by Gasteiger charge is 2.44. The normalized spacial score (nSPS) is 26.7. The summed E-state index contributed by atoms with van der Waals surface area (Å²) in [7, 11) is -3.39. The van der Waals surface area contributed by atoms with Gasteiger partial charge in [0.15, 0.2) is 6.10 Å². The fourth-order valence-electron chi connectivity index (χ4n) is 2.68. The molecule has 4 atom stereocenters. The summed E-state index contributed by atoms with van der Waals surface area (Å²) in [5.74, 6) is 0.989. The molecule has 0 aliphatic carbocycles. The van der Waals surface area contributed by atoms with Crippen LogP contribution in [-0.2, 0) is 13.8 Å². The van der Waals surface area contributed by atoms with Crippen molar-refractivity contribution in [1.29, 1.82) is 0 Å². The zero-order chi connectivity index (χ0) is 18.9. The van der Waals surface area contributed by atoms with Crippen LogP contribution in [0.1, 0.15) is 0 Å². The average Bonchev–Trinajstić information content (AvgIpc) is 2.59. The number of methoxy groups -OCH3 is 1. The van der Waals surface area contributed by atoms with E-state index in [1.54, 1.807) is 31.4 Å². The molecule has 0 spiro atoms. The summed E-state index contributed by atoms with van der Waals surface area (Å²) < 4.78 is 31.7. The van der Waals surface area contributed by atoms with Crippen LogP contribution >= 0.6 is 7.82 Å². The summed E-state index contributed by atoms with van der Waals surface area (Å²) in [4.78, 5) is 18.1. The first-order valence-corrected chi connectivity index (χ1v) is 9.26. The van der Waals surface area contributed by atoms with E-state index in [1.165, 1.54) is 0 Å². The van der Waals surface area contributed by atoms with E-state index < -0.39 is 32.4 Å². The smallest absolute Gasteiger partial charge is 0.470 e. The van der Waals surface area contributed by atoms with Gasteiger partial charge >= 0.3 is 7.82 Å². The van der Waals surface area contributed by atoms with Crippen molar-refractivity contribution in [2.75, 3.05) is 13.7 Å². The lowest BCUT2D eigenvalue weighted by Crippen LogP contribution is -2.55. The van der Waals surface area contributed by atoms with E-state index in [0.717, 1.165) is 10.8 Å². The van der Waals surface area contributed by atoms with E-state index in [1.807, 2.05) is 12.1 Å². The number of aliphatic hydroxyl groups excluding tert-OH is 2. The minimum atomic E-state index is -4.94. The van der Waals surface area contributed by atoms with E-state index in [4.69, 9.17) is 24.0 Å². The lowest BCUT2D eigenvalue weighted by Gasteiger charge is -2.37. The van der Waals surface area contributed by atoms with E-state index in [9.17, 15) is 14.8 Å². The first-order chi connectivity index (χ1) is 12.3. The predicted octanol–water partition coefficient (Wildman–Crippen LogP) is 0.783. The Morgan fingerprint density at radius 2 is 1.73 bits per heavy atom. The number of fused-ring (bicyclic) bond motifs is 1. The highest BCUT2D eigenvalue weighted by atomic mass is 31.2. The lowest BCUT2D eigenvalue weighted by atomic mass is 10.1. The van der Waals surface area contributed by atoms with Gasteiger partial charge in [0.25, 0.3) is 0 Å². The van der Waals surface area contributed by atoms with Gasteiger partial charge in [-0.2, -0.15) is 0 Å². The molecule has 0 amide bonds. The molecule has 0 aromatic heterocycles. The number of benzene rings is 2. The van der Waals surface area contributed by atoms with Gasteiger partial charge in [0.1, 0.15) is 23.7 Å². The van der Waals surface area contributed by atoms with E-state index in [0.29, 0.717) is 11.5 Å². The summed E-state index contributed by atoms with van der Waals surface area (Å²) >= 11 is 0. The largest absolute Gasteiger partial charge is 0.497 e. The van der Waals surface area contributed by atoms with Gasteiger partial charge in [-0.3, -0.25) is 4.52 Å². The summed E-state index contributed by atoms with van der Waals surface area (Å²) in [5.41, 5.74) is 0. The molecule has 9 nitrogen and oxygen atoms in total. The Bertz CT molecular complexity index is 820. The first kappa shape index (κ1) is 19.1. The van der Waals surface area contributed by atoms with Gasteiger partial charge in [-0.05, 0) is 35.0 Å². The highest BCUT2D eigenvalue weighted by molar-refractivity contribution is 7.46. The maximum absolute atomic E-state index is 11.1. The van der Waals surface area contributed by atoms with Crippen molar-refractivity contribution >= 4 is 18.6 Å². The molecule has 2 aromatic rings. The molecule has 1 saturated heterocycles. The molecule has 2 aromatic carbocycles. The van der Waals surface area contributed by atoms with Gasteiger partial charge in [0, 0.05) is 0 Å². The Morgan fingerprint density at radius 3 is 2.38 bits per heavy atom. The van der Waals surface area contributed by atoms with Crippen LogP contribution in [0.2, 0.25) is 0 Å². The number of ether oxygens (including phenoxy) is 3. The number of phosphoric ester groups is 1. The molecule has 1 aliphatic heterocycles. The summed E-state index contributed by atoms with van der Waals surface area (Å²) in [5, 5.41) is 21.4. The summed E-state index contributed by atoms with van der Waals surface area (Å²) in [6.07, 6.45) is -5.82. The van der Waals surface area contributed by atoms with Crippen LogP contribution in [0.25, 0.3) is 10.8 Å². The third-order valence-corrected chi connectivity index (χ3v) is 4.48. The second-order valence-electron chi connectivity index (χ2n) is 5.81. The SMILES string of the molecule is COc1ccc2ccc(O[C@@H]3OC[C@@H](O)[C@H](O)[C@H]3OP(=O)(O)O)cc2c1. The van der Waals surface area contributed by atoms with Crippen molar-refractivity contribution in [3.8, 4) is 11.5 Å². The third kappa shape index (κ3) is 4.33. The molecule has 26 heavy (non-hydrogen) atoms. The van der Waals surface area contributed by atoms with E-state index in [-0.39, 0.29) is 6.61 Å². The second kappa shape index (κ2) is 7.50. The lowest BCUT2D eigenvalue weighted by molar-refractivity contribution is -0.237. The Kier molecular flexibility index (Phi) is 5.50. The van der Waals surface area contributed by atoms with Crippen LogP contribution in [0.3, 0.4) is 0 Å². The van der Waals surface area contributed by atoms with Crippen LogP contribution in [-0.4, -0.2) is 58.3 Å². The van der Waals surface area contributed by atoms with E-state index >= 15 is 0 Å². The zero-order valence-corrected chi connectivity index (χ0v) is 14.7. The molecule has 0 saturated carbocycles. The number of hydrogen-bond donors (Lipinski definition) is 4. The first-order valence-electron chi connectivity index (χ1n) is 7.73. The molecule has 1 fully saturated rings. The fraction of sp³-hybridized carbons (Fsp3) is 0.375. The summed E-state index contributed by atoms with van der Waals surface area (Å²) in [6, 6.07) is 10.6. The van der Waals surface area contributed by atoms with Gasteiger partial charge in [0.2, 0.25) is 6.29 Å². The number of rotatable bonds is 5. The monoisotopic (exact) mass is 386 g/mol. The van der Waals surface area contributed by atoms with Crippen LogP contribution in [0.5, 0.6) is 11.5 Å². The van der Waals surface area contributed by atoms with Crippen LogP contribution < -0.4 is 9.47 Å². The third-order valence-electron chi connectivity index (χ3n) is 3.96. The fourth-order valence-corrected chi connectivity index (χ4v) is 3.22. The van der Waals surface area contributed by atoms with Gasteiger partial charge < -0.3 is 34.2 Å². The van der Waals surface area contributed by atoms with Crippen molar-refractivity contribution in [2.45, 2.75) is 24.6 Å². The molecular formula is C16H19O9P. The van der Waals surface area contributed by atoms with Crippen molar-refractivity contribution < 1.29 is 43.3 Å². The van der Waals surface area contributed by atoms with E-state index in [2.05, 4.69) is 4.52 Å². The van der Waals surface area contributed by atoms with Crippen molar-refractivity contribution in [3.05, 3.63) is 36.4 Å². The van der Waals surface area contributed by atoms with Crippen molar-refractivity contribution in [2.24, 2.45) is 0 Å². The van der Waals surface area contributed by atoms with Gasteiger partial charge in [0.05, 0.1) is 13.7 Å². The minimum absolute atomic E-state index is 0.270. The van der Waals surface area contributed by atoms with Gasteiger partial charge in [-0.25, -0.2) is 4.57 Å². The molecule has 0 radical (unpaired) electrons. The Hall–Kier alpha value is -1.71. The maximum Gasteiger partial charge on any atom is 0.470 e. The molecule has 142 valence electrons. The Morgan fingerprint density at radius 1 is 1.08 bits per heavy atom. The van der Waals surface area contributed by atoms with Gasteiger partial charge in [-0.1, -0.05) is 12.1 Å². The maximum atomic E-state index is 11.1. The zero-order valence-electron chi connectivity index (χ0n) is 13.8. The standard InChI is InChI=1S/C16H19O9P/c1-22-11-4-2-9-3-5-12(7-10(9)6-11)24-16-15(25-26(19,20)21)14(18)13(17)8-23-16/h2-7,13-18H,8H2,1H3,(H2,19,20,21)/t13-,14+,15-,16+/m1/s1. The molecule has 3 rings (SSSR count). The molecule has 0 bridgehead atoms. The number of hydrogen-bond acceptors (Lipinski definition) is 7. The quantitative estimate of drug-likeness (QED) is 0.550. The molecule has 0 unspecified atom stereocenters. The van der Waals surface area contributed by atoms with Crippen LogP contribution in [0.15, 0.2) is 36.4 Å². The second-order valence-corrected chi connectivity index (χ2v) is 7.00. The topological polar surface area (TPSA) is 135 Å². The van der Waals surface area contributed by atoms with Crippen molar-refractivity contribution in [1.82, 2.24) is 0 Å². The van der Waals surface area contributed by atoms with Crippen LogP contribution in [0.4, 0.5) is 0 Å². The minimum Gasteiger partial charge on any atom is -0.497 e. The Labute approximate surface area is 148 Å². The summed E-state index contributed by atoms with van der Waals surface area (Å²) in [6.45, 7) is -0.270. The van der Waals surface area contributed by atoms with Crippen molar-refractivity contribution in [3.63, 3.8) is 0 Å². The molecular weight excluding hydrogens is 367 g/mol. The van der Waals surface area contributed by atoms with Crippen LogP contribution in [0, 0.1) is 0 Å². The van der Waals surface area contributed by atoms with Gasteiger partial charge in [-0.15, -0.1) is 0 Å². The number of aliphatic hydroxyl groups is 2. The molecule has 1 aliphatic rings. The molecule has 4 N–H and O–H groups in total.